The fourth-order valence-electron chi connectivity index (χ4n) is 3.18. The number of fused-ring (bicyclic) bond motifs is 1. The third-order valence-corrected chi connectivity index (χ3v) is 5.47. The van der Waals surface area contributed by atoms with E-state index in [1.165, 1.54) is 6.33 Å². The van der Waals surface area contributed by atoms with Crippen LogP contribution in [0.1, 0.15) is 45.9 Å². The molecule has 3 rings (SSSR count). The molecule has 1 aliphatic heterocycles. The predicted octanol–water partition coefficient (Wildman–Crippen LogP) is 1.59. The molecule has 2 aromatic heterocycles. The summed E-state index contributed by atoms with van der Waals surface area (Å²) in [6, 6.07) is 0. The van der Waals surface area contributed by atoms with Crippen LogP contribution in [0.4, 0.5) is 5.82 Å². The van der Waals surface area contributed by atoms with Gasteiger partial charge in [0.05, 0.1) is 18.1 Å². The lowest BCUT2D eigenvalue weighted by Gasteiger charge is -2.29. The van der Waals surface area contributed by atoms with Gasteiger partial charge < -0.3 is 25.3 Å². The molecule has 1 saturated heterocycles. The van der Waals surface area contributed by atoms with Crippen molar-refractivity contribution >= 4 is 16.9 Å². The van der Waals surface area contributed by atoms with Crippen molar-refractivity contribution in [2.75, 3.05) is 12.3 Å². The molecule has 0 aromatic carbocycles. The lowest BCUT2D eigenvalue weighted by atomic mass is 9.75. The van der Waals surface area contributed by atoms with E-state index in [4.69, 9.17) is 10.5 Å². The Balaban J connectivity index is 2.16. The Kier molecular flexibility index (Phi) is 4.27. The summed E-state index contributed by atoms with van der Waals surface area (Å²) in [6.07, 6.45) is 2.19. The zero-order valence-corrected chi connectivity index (χ0v) is 14.6. The second-order valence-corrected chi connectivity index (χ2v) is 7.40. The maximum Gasteiger partial charge on any atom is 0.147 e. The van der Waals surface area contributed by atoms with Gasteiger partial charge in [-0.15, -0.1) is 0 Å². The van der Waals surface area contributed by atoms with E-state index in [0.29, 0.717) is 23.8 Å². The van der Waals surface area contributed by atoms with Crippen LogP contribution in [-0.4, -0.2) is 43.6 Å². The summed E-state index contributed by atoms with van der Waals surface area (Å²) in [5.74, 6) is 0.830. The maximum atomic E-state index is 10.0. The lowest BCUT2D eigenvalue weighted by Crippen LogP contribution is -2.24. The third-order valence-electron chi connectivity index (χ3n) is 5.47. The van der Waals surface area contributed by atoms with Crippen LogP contribution in [0, 0.1) is 5.92 Å². The molecule has 4 N–H and O–H groups in total. The van der Waals surface area contributed by atoms with Gasteiger partial charge in [-0.2, -0.15) is 0 Å². The van der Waals surface area contributed by atoms with E-state index in [9.17, 15) is 10.2 Å². The molecule has 1 fully saturated rings. The van der Waals surface area contributed by atoms with E-state index in [1.54, 1.807) is 0 Å². The second-order valence-electron chi connectivity index (χ2n) is 7.40. The first-order chi connectivity index (χ1) is 11.3. The predicted molar refractivity (Wildman–Crippen MR) is 91.4 cm³/mol. The molecule has 3 unspecified atom stereocenters. The Hall–Kier alpha value is -1.70. The summed E-state index contributed by atoms with van der Waals surface area (Å²) in [4.78, 5) is 8.55. The fourth-order valence-corrected chi connectivity index (χ4v) is 3.18. The Labute approximate surface area is 141 Å². The SMILES string of the molecule is CC(C)C(C)(C)c1cn(C2CC(O)C(CO)O2)c2ncnc(N)c12. The first kappa shape index (κ1) is 17.1. The molecule has 0 radical (unpaired) electrons. The van der Waals surface area contributed by atoms with Crippen LogP contribution in [0.15, 0.2) is 12.5 Å². The van der Waals surface area contributed by atoms with Crippen LogP contribution in [0.3, 0.4) is 0 Å². The first-order valence-corrected chi connectivity index (χ1v) is 8.33. The number of anilines is 1. The van der Waals surface area contributed by atoms with Crippen LogP contribution in [-0.2, 0) is 10.2 Å². The van der Waals surface area contributed by atoms with Crippen molar-refractivity contribution in [3.05, 3.63) is 18.1 Å². The largest absolute Gasteiger partial charge is 0.394 e. The number of hydrogen-bond acceptors (Lipinski definition) is 6. The van der Waals surface area contributed by atoms with E-state index < -0.39 is 12.2 Å². The number of rotatable bonds is 4. The van der Waals surface area contributed by atoms with Crippen molar-refractivity contribution in [1.29, 1.82) is 0 Å². The first-order valence-electron chi connectivity index (χ1n) is 8.33. The number of aliphatic hydroxyl groups excluding tert-OH is 2. The minimum atomic E-state index is -0.696. The quantitative estimate of drug-likeness (QED) is 0.784. The van der Waals surface area contributed by atoms with Crippen LogP contribution in [0.5, 0.6) is 0 Å². The highest BCUT2D eigenvalue weighted by atomic mass is 16.5. The van der Waals surface area contributed by atoms with Gasteiger partial charge in [0, 0.05) is 12.6 Å². The van der Waals surface area contributed by atoms with Crippen LogP contribution in [0.25, 0.3) is 11.0 Å². The zero-order valence-electron chi connectivity index (χ0n) is 14.6. The van der Waals surface area contributed by atoms with E-state index in [0.717, 1.165) is 10.9 Å². The highest BCUT2D eigenvalue weighted by Gasteiger charge is 2.37. The Bertz CT molecular complexity index is 741. The van der Waals surface area contributed by atoms with Gasteiger partial charge in [-0.3, -0.25) is 0 Å². The summed E-state index contributed by atoms with van der Waals surface area (Å²) < 4.78 is 7.71. The van der Waals surface area contributed by atoms with Crippen molar-refractivity contribution in [2.24, 2.45) is 5.92 Å². The van der Waals surface area contributed by atoms with Crippen molar-refractivity contribution in [3.8, 4) is 0 Å². The van der Waals surface area contributed by atoms with Crippen molar-refractivity contribution in [2.45, 2.75) is 58.0 Å². The van der Waals surface area contributed by atoms with Gasteiger partial charge in [-0.25, -0.2) is 9.97 Å². The smallest absolute Gasteiger partial charge is 0.147 e. The molecule has 0 amide bonds. The van der Waals surface area contributed by atoms with Crippen molar-refractivity contribution < 1.29 is 14.9 Å². The molecule has 7 heteroatoms. The highest BCUT2D eigenvalue weighted by Crippen LogP contribution is 2.41. The normalized spacial score (nSPS) is 25.0. The van der Waals surface area contributed by atoms with E-state index in [2.05, 4.69) is 37.7 Å². The average molecular weight is 334 g/mol. The van der Waals surface area contributed by atoms with Gasteiger partial charge in [-0.05, 0) is 16.9 Å². The minimum Gasteiger partial charge on any atom is -0.394 e. The average Bonchev–Trinajstić information content (AvgIpc) is 3.08. The van der Waals surface area contributed by atoms with E-state index in [-0.39, 0.29) is 18.2 Å². The molecule has 24 heavy (non-hydrogen) atoms. The summed E-state index contributed by atoms with van der Waals surface area (Å²) in [5, 5.41) is 20.2. The molecular formula is C17H26N4O3. The van der Waals surface area contributed by atoms with E-state index in [1.807, 2.05) is 10.8 Å². The second kappa shape index (κ2) is 5.98. The molecule has 0 aliphatic carbocycles. The van der Waals surface area contributed by atoms with Crippen LogP contribution in [0.2, 0.25) is 0 Å². The van der Waals surface area contributed by atoms with Gasteiger partial charge in [0.1, 0.15) is 30.1 Å². The molecule has 0 bridgehead atoms. The third kappa shape index (κ3) is 2.56. The van der Waals surface area contributed by atoms with Crippen LogP contribution < -0.4 is 5.73 Å². The van der Waals surface area contributed by atoms with Gasteiger partial charge in [0.15, 0.2) is 0 Å². The number of hydrogen-bond donors (Lipinski definition) is 3. The number of nitrogens with zero attached hydrogens (tertiary/aromatic N) is 3. The monoisotopic (exact) mass is 334 g/mol. The Morgan fingerprint density at radius 1 is 1.42 bits per heavy atom. The topological polar surface area (TPSA) is 106 Å². The highest BCUT2D eigenvalue weighted by molar-refractivity contribution is 5.90. The summed E-state index contributed by atoms with van der Waals surface area (Å²) in [7, 11) is 0. The molecule has 3 heterocycles. The van der Waals surface area contributed by atoms with Crippen LogP contribution >= 0.6 is 0 Å². The number of nitrogen functional groups attached to an aromatic ring is 1. The number of nitrogens with two attached hydrogens (primary N) is 1. The zero-order chi connectivity index (χ0) is 17.6. The summed E-state index contributed by atoms with van der Waals surface area (Å²) in [5.41, 5.74) is 7.79. The molecular weight excluding hydrogens is 308 g/mol. The molecule has 1 aliphatic rings. The summed E-state index contributed by atoms with van der Waals surface area (Å²) in [6.45, 7) is 8.47. The van der Waals surface area contributed by atoms with Gasteiger partial charge in [0.2, 0.25) is 0 Å². The standard InChI is InChI=1S/C17H26N4O3/c1-9(2)17(3,4)10-6-21(13-5-11(23)12(7-22)24-13)16-14(10)15(18)19-8-20-16/h6,8-9,11-13,22-23H,5,7H2,1-4H3,(H2,18,19,20). The molecule has 7 nitrogen and oxygen atoms in total. The Morgan fingerprint density at radius 2 is 2.12 bits per heavy atom. The molecule has 3 atom stereocenters. The van der Waals surface area contributed by atoms with Gasteiger partial charge in [-0.1, -0.05) is 27.7 Å². The summed E-state index contributed by atoms with van der Waals surface area (Å²) >= 11 is 0. The molecule has 0 saturated carbocycles. The molecule has 0 spiro atoms. The minimum absolute atomic E-state index is 0.129. The van der Waals surface area contributed by atoms with Gasteiger partial charge in [0.25, 0.3) is 0 Å². The van der Waals surface area contributed by atoms with Gasteiger partial charge >= 0.3 is 0 Å². The van der Waals surface area contributed by atoms with E-state index >= 15 is 0 Å². The number of aliphatic hydroxyl groups is 2. The van der Waals surface area contributed by atoms with Crippen molar-refractivity contribution in [3.63, 3.8) is 0 Å². The maximum absolute atomic E-state index is 10.0. The Morgan fingerprint density at radius 3 is 2.71 bits per heavy atom. The lowest BCUT2D eigenvalue weighted by molar-refractivity contribution is -0.0431. The number of aromatic nitrogens is 3. The van der Waals surface area contributed by atoms with Crippen molar-refractivity contribution in [1.82, 2.24) is 14.5 Å². The molecule has 132 valence electrons. The fraction of sp³-hybridized carbons (Fsp3) is 0.647. The molecule has 2 aromatic rings. The number of ether oxygens (including phenoxy) is 1.